The van der Waals surface area contributed by atoms with Crippen molar-refractivity contribution in [1.29, 1.82) is 0 Å². The van der Waals surface area contributed by atoms with Crippen LogP contribution in [-0.4, -0.2) is 23.2 Å². The van der Waals surface area contributed by atoms with Gasteiger partial charge in [-0.3, -0.25) is 4.79 Å². The molecule has 0 aliphatic rings. The maximum Gasteiger partial charge on any atom is 0.312 e. The summed E-state index contributed by atoms with van der Waals surface area (Å²) in [5, 5.41) is 9.34. The molecule has 1 unspecified atom stereocenters. The lowest BCUT2D eigenvalue weighted by Crippen LogP contribution is -2.16. The highest BCUT2D eigenvalue weighted by Crippen LogP contribution is 2.23. The van der Waals surface area contributed by atoms with Crippen LogP contribution in [0.2, 0.25) is 0 Å². The zero-order chi connectivity index (χ0) is 14.5. The first kappa shape index (κ1) is 14.0. The quantitative estimate of drug-likeness (QED) is 0.911. The monoisotopic (exact) mass is 275 g/mol. The van der Waals surface area contributed by atoms with Crippen LogP contribution in [0.1, 0.15) is 17.2 Å². The summed E-state index contributed by atoms with van der Waals surface area (Å²) in [5.41, 5.74) is 0.699. The zero-order valence-electron chi connectivity index (χ0n) is 10.9. The number of carboxylic acids is 1. The molecule has 104 valence electrons. The molecular formula is C15H14FNO3. The van der Waals surface area contributed by atoms with Crippen LogP contribution in [0.25, 0.3) is 0 Å². The Bertz CT molecular complexity index is 616. The van der Waals surface area contributed by atoms with E-state index in [1.54, 1.807) is 36.4 Å². The van der Waals surface area contributed by atoms with Gasteiger partial charge in [-0.1, -0.05) is 24.3 Å². The van der Waals surface area contributed by atoms with Crippen LogP contribution in [0.3, 0.4) is 0 Å². The highest BCUT2D eigenvalue weighted by molar-refractivity contribution is 5.76. The minimum Gasteiger partial charge on any atom is -0.481 e. The van der Waals surface area contributed by atoms with E-state index in [9.17, 15) is 14.3 Å². The van der Waals surface area contributed by atoms with Crippen molar-refractivity contribution in [3.05, 3.63) is 59.5 Å². The van der Waals surface area contributed by atoms with Gasteiger partial charge < -0.3 is 9.84 Å². The lowest BCUT2D eigenvalue weighted by molar-refractivity contribution is -0.138. The Hall–Kier alpha value is -2.43. The van der Waals surface area contributed by atoms with Gasteiger partial charge >= 0.3 is 5.97 Å². The van der Waals surface area contributed by atoms with Crippen LogP contribution < -0.4 is 4.74 Å². The molecule has 2 aromatic rings. The van der Waals surface area contributed by atoms with Gasteiger partial charge in [0, 0.05) is 6.07 Å². The molecule has 0 aliphatic carbocycles. The number of hydrogen-bond acceptors (Lipinski definition) is 3. The third-order valence-corrected chi connectivity index (χ3v) is 2.99. The number of carbonyl (C=O) groups is 1. The summed E-state index contributed by atoms with van der Waals surface area (Å²) in [6, 6.07) is 11.0. The lowest BCUT2D eigenvalue weighted by Gasteiger charge is -2.13. The molecule has 20 heavy (non-hydrogen) atoms. The Kier molecular flexibility index (Phi) is 4.30. The second-order valence-electron chi connectivity index (χ2n) is 4.29. The van der Waals surface area contributed by atoms with E-state index in [2.05, 4.69) is 4.98 Å². The van der Waals surface area contributed by atoms with E-state index >= 15 is 0 Å². The molecule has 0 fully saturated rings. The summed E-state index contributed by atoms with van der Waals surface area (Å²) in [4.78, 5) is 15.5. The fourth-order valence-electron chi connectivity index (χ4n) is 1.94. The van der Waals surface area contributed by atoms with Crippen LogP contribution in [0.5, 0.6) is 5.88 Å². The van der Waals surface area contributed by atoms with Crippen molar-refractivity contribution >= 4 is 5.97 Å². The second-order valence-corrected chi connectivity index (χ2v) is 4.29. The second kappa shape index (κ2) is 6.14. The minimum atomic E-state index is -1.05. The Balaban J connectivity index is 2.32. The molecule has 2 rings (SSSR count). The van der Waals surface area contributed by atoms with Crippen molar-refractivity contribution in [3.63, 3.8) is 0 Å². The third-order valence-electron chi connectivity index (χ3n) is 2.99. The van der Waals surface area contributed by atoms with Crippen LogP contribution in [-0.2, 0) is 11.2 Å². The number of carboxylic acid groups (broad SMARTS) is 1. The Labute approximate surface area is 115 Å². The molecule has 1 heterocycles. The molecule has 4 nitrogen and oxygen atoms in total. The van der Waals surface area contributed by atoms with Crippen LogP contribution in [0.15, 0.2) is 42.5 Å². The largest absolute Gasteiger partial charge is 0.481 e. The predicted octanol–water partition coefficient (Wildman–Crippen LogP) is 2.64. The number of ether oxygens (including phenoxy) is 1. The SMILES string of the molecule is COc1cccc(C(Cc2ccccc2F)C(=O)O)n1. The van der Waals surface area contributed by atoms with Crippen LogP contribution in [0.4, 0.5) is 4.39 Å². The first-order chi connectivity index (χ1) is 9.61. The van der Waals surface area contributed by atoms with Gasteiger partial charge in [-0.2, -0.15) is 0 Å². The first-order valence-electron chi connectivity index (χ1n) is 6.09. The Morgan fingerprint density at radius 3 is 2.70 bits per heavy atom. The first-order valence-corrected chi connectivity index (χ1v) is 6.09. The molecule has 1 atom stereocenters. The molecular weight excluding hydrogens is 261 g/mol. The zero-order valence-corrected chi connectivity index (χ0v) is 10.9. The number of halogens is 1. The number of nitrogens with zero attached hydrogens (tertiary/aromatic N) is 1. The van der Waals surface area contributed by atoms with E-state index in [0.29, 0.717) is 17.1 Å². The highest BCUT2D eigenvalue weighted by atomic mass is 19.1. The maximum absolute atomic E-state index is 13.6. The van der Waals surface area contributed by atoms with Gasteiger partial charge in [-0.15, -0.1) is 0 Å². The van der Waals surface area contributed by atoms with E-state index in [4.69, 9.17) is 4.74 Å². The van der Waals surface area contributed by atoms with E-state index in [1.807, 2.05) is 0 Å². The number of aliphatic carboxylic acids is 1. The number of aromatic nitrogens is 1. The molecule has 0 spiro atoms. The molecule has 0 saturated carbocycles. The fraction of sp³-hybridized carbons (Fsp3) is 0.200. The molecule has 0 radical (unpaired) electrons. The Morgan fingerprint density at radius 2 is 2.05 bits per heavy atom. The average molecular weight is 275 g/mol. The summed E-state index contributed by atoms with van der Waals surface area (Å²) in [5.74, 6) is -2.04. The molecule has 0 saturated heterocycles. The van der Waals surface area contributed by atoms with Crippen LogP contribution in [0, 0.1) is 5.82 Å². The van der Waals surface area contributed by atoms with Crippen molar-refractivity contribution in [2.45, 2.75) is 12.3 Å². The van der Waals surface area contributed by atoms with Gasteiger partial charge in [0.25, 0.3) is 0 Å². The van der Waals surface area contributed by atoms with Crippen molar-refractivity contribution in [3.8, 4) is 5.88 Å². The fourth-order valence-corrected chi connectivity index (χ4v) is 1.94. The number of methoxy groups -OCH3 is 1. The highest BCUT2D eigenvalue weighted by Gasteiger charge is 2.23. The molecule has 1 aromatic heterocycles. The normalized spacial score (nSPS) is 11.9. The van der Waals surface area contributed by atoms with E-state index in [-0.39, 0.29) is 6.42 Å². The van der Waals surface area contributed by atoms with Gasteiger partial charge in [0.2, 0.25) is 5.88 Å². The standard InChI is InChI=1S/C15H14FNO3/c1-20-14-8-4-7-13(17-14)11(15(18)19)9-10-5-2-3-6-12(10)16/h2-8,11H,9H2,1H3,(H,18,19). The maximum atomic E-state index is 13.6. The number of pyridine rings is 1. The van der Waals surface area contributed by atoms with Crippen LogP contribution >= 0.6 is 0 Å². The summed E-state index contributed by atoms with van der Waals surface area (Å²) in [6.45, 7) is 0. The molecule has 1 N–H and O–H groups in total. The van der Waals surface area contributed by atoms with E-state index in [0.717, 1.165) is 0 Å². The van der Waals surface area contributed by atoms with Crippen molar-refractivity contribution < 1.29 is 19.0 Å². The summed E-state index contributed by atoms with van der Waals surface area (Å²) < 4.78 is 18.6. The summed E-state index contributed by atoms with van der Waals surface area (Å²) in [6.07, 6.45) is 0.0438. The summed E-state index contributed by atoms with van der Waals surface area (Å²) in [7, 11) is 1.46. The smallest absolute Gasteiger partial charge is 0.312 e. The van der Waals surface area contributed by atoms with Crippen molar-refractivity contribution in [1.82, 2.24) is 4.98 Å². The van der Waals surface area contributed by atoms with Gasteiger partial charge in [-0.05, 0) is 24.1 Å². The van der Waals surface area contributed by atoms with Gasteiger partial charge in [-0.25, -0.2) is 9.37 Å². The molecule has 5 heteroatoms. The molecule has 0 amide bonds. The minimum absolute atomic E-state index is 0.0438. The predicted molar refractivity (Wildman–Crippen MR) is 71.3 cm³/mol. The third kappa shape index (κ3) is 3.12. The molecule has 0 aliphatic heterocycles. The van der Waals surface area contributed by atoms with Crippen molar-refractivity contribution in [2.75, 3.05) is 7.11 Å². The topological polar surface area (TPSA) is 59.4 Å². The summed E-state index contributed by atoms with van der Waals surface area (Å²) >= 11 is 0. The lowest BCUT2D eigenvalue weighted by atomic mass is 9.95. The Morgan fingerprint density at radius 1 is 1.30 bits per heavy atom. The average Bonchev–Trinajstić information content (AvgIpc) is 2.46. The number of hydrogen-bond donors (Lipinski definition) is 1. The molecule has 1 aromatic carbocycles. The number of rotatable bonds is 5. The van der Waals surface area contributed by atoms with E-state index in [1.165, 1.54) is 13.2 Å². The van der Waals surface area contributed by atoms with Gasteiger partial charge in [0.15, 0.2) is 0 Å². The number of benzene rings is 1. The van der Waals surface area contributed by atoms with Gasteiger partial charge in [0.05, 0.1) is 12.8 Å². The van der Waals surface area contributed by atoms with Gasteiger partial charge in [0.1, 0.15) is 11.7 Å². The van der Waals surface area contributed by atoms with E-state index < -0.39 is 17.7 Å². The van der Waals surface area contributed by atoms with Crippen molar-refractivity contribution in [2.24, 2.45) is 0 Å². The molecule has 0 bridgehead atoms.